The maximum Gasteiger partial charge on any atom is 0.219 e. The van der Waals surface area contributed by atoms with E-state index in [9.17, 15) is 14.3 Å². The average Bonchev–Trinajstić information content (AvgIpc) is 3.28. The highest BCUT2D eigenvalue weighted by atomic mass is 19.1. The van der Waals surface area contributed by atoms with Gasteiger partial charge in [-0.05, 0) is 47.4 Å². The van der Waals surface area contributed by atoms with Crippen molar-refractivity contribution < 1.29 is 23.8 Å². The van der Waals surface area contributed by atoms with Gasteiger partial charge in [-0.25, -0.2) is 4.39 Å². The van der Waals surface area contributed by atoms with Crippen LogP contribution in [0.25, 0.3) is 0 Å². The minimum atomic E-state index is -0.291. The number of carbonyl (C=O) groups excluding carboxylic acids is 1. The Hall–Kier alpha value is -3.58. The lowest BCUT2D eigenvalue weighted by Crippen LogP contribution is -2.35. The maximum absolute atomic E-state index is 13.4. The van der Waals surface area contributed by atoms with Crippen LogP contribution in [0.15, 0.2) is 66.7 Å². The van der Waals surface area contributed by atoms with Gasteiger partial charge in [-0.2, -0.15) is 0 Å². The van der Waals surface area contributed by atoms with Gasteiger partial charge in [-0.15, -0.1) is 0 Å². The van der Waals surface area contributed by atoms with E-state index in [0.717, 1.165) is 30.0 Å². The summed E-state index contributed by atoms with van der Waals surface area (Å²) in [4.78, 5) is 16.7. The molecule has 6 nitrogen and oxygen atoms in total. The van der Waals surface area contributed by atoms with Crippen molar-refractivity contribution in [2.45, 2.75) is 25.9 Å². The Morgan fingerprint density at radius 1 is 1.00 bits per heavy atom. The van der Waals surface area contributed by atoms with E-state index in [-0.39, 0.29) is 29.3 Å². The molecule has 2 atom stereocenters. The molecule has 0 aromatic heterocycles. The number of methoxy groups -OCH3 is 2. The number of hydrogen-bond donors (Lipinski definition) is 1. The largest absolute Gasteiger partial charge is 0.507 e. The zero-order valence-corrected chi connectivity index (χ0v) is 21.0. The predicted octanol–water partition coefficient (Wildman–Crippen LogP) is 4.81. The summed E-state index contributed by atoms with van der Waals surface area (Å²) in [5.41, 5.74) is 2.91. The van der Waals surface area contributed by atoms with Crippen LogP contribution >= 0.6 is 0 Å². The van der Waals surface area contributed by atoms with Crippen molar-refractivity contribution in [1.82, 2.24) is 9.80 Å². The molecular formula is C29H33FN2O4. The summed E-state index contributed by atoms with van der Waals surface area (Å²) in [7, 11) is 3.22. The van der Waals surface area contributed by atoms with Gasteiger partial charge >= 0.3 is 0 Å². The molecule has 36 heavy (non-hydrogen) atoms. The average molecular weight is 493 g/mol. The molecule has 3 aromatic carbocycles. The van der Waals surface area contributed by atoms with Gasteiger partial charge in [-0.1, -0.05) is 30.3 Å². The summed E-state index contributed by atoms with van der Waals surface area (Å²) in [6.07, 6.45) is 0. The van der Waals surface area contributed by atoms with Crippen LogP contribution < -0.4 is 9.47 Å². The van der Waals surface area contributed by atoms with E-state index in [1.807, 2.05) is 29.2 Å². The van der Waals surface area contributed by atoms with Crippen molar-refractivity contribution in [3.05, 3.63) is 89.2 Å². The van der Waals surface area contributed by atoms with Gasteiger partial charge in [0.2, 0.25) is 5.91 Å². The number of phenols is 1. The SMILES string of the molecule is COc1ccc(C2CN(Cc3ccc(OC)cc3O)CC2CN(Cc2ccc(F)cc2)C(C)=O)cc1. The fourth-order valence-electron chi connectivity index (χ4n) is 4.95. The number of halogens is 1. The third kappa shape index (κ3) is 6.15. The standard InChI is InChI=1S/C29H33FN2O4/c1-20(33)32(15-21-4-9-25(30)10-5-21)18-24-17-31(16-23-8-13-27(36-3)14-29(23)34)19-28(24)22-6-11-26(35-2)12-7-22/h4-14,24,28,34H,15-19H2,1-3H3. The van der Waals surface area contributed by atoms with Crippen LogP contribution in [0.2, 0.25) is 0 Å². The van der Waals surface area contributed by atoms with E-state index in [2.05, 4.69) is 17.0 Å². The van der Waals surface area contributed by atoms with Crippen molar-refractivity contribution in [3.63, 3.8) is 0 Å². The maximum atomic E-state index is 13.4. The molecule has 0 aliphatic carbocycles. The van der Waals surface area contributed by atoms with Gasteiger partial charge in [0, 0.05) is 57.2 Å². The Labute approximate surface area is 211 Å². The molecule has 7 heteroatoms. The van der Waals surface area contributed by atoms with Crippen LogP contribution in [0.4, 0.5) is 4.39 Å². The molecule has 3 aromatic rings. The highest BCUT2D eigenvalue weighted by molar-refractivity contribution is 5.73. The lowest BCUT2D eigenvalue weighted by Gasteiger charge is -2.28. The molecule has 1 fully saturated rings. The second-order valence-corrected chi connectivity index (χ2v) is 9.35. The summed E-state index contributed by atoms with van der Waals surface area (Å²) in [6, 6.07) is 19.8. The summed E-state index contributed by atoms with van der Waals surface area (Å²) < 4.78 is 23.9. The Balaban J connectivity index is 1.55. The van der Waals surface area contributed by atoms with Crippen LogP contribution in [-0.4, -0.2) is 54.7 Å². The van der Waals surface area contributed by atoms with Crippen molar-refractivity contribution in [1.29, 1.82) is 0 Å². The molecule has 1 amide bonds. The van der Waals surface area contributed by atoms with Crippen LogP contribution in [0.1, 0.15) is 29.5 Å². The number of nitrogens with zero attached hydrogens (tertiary/aromatic N) is 2. The molecule has 1 aliphatic heterocycles. The molecular weight excluding hydrogens is 459 g/mol. The Morgan fingerprint density at radius 3 is 2.28 bits per heavy atom. The number of aromatic hydroxyl groups is 1. The Morgan fingerprint density at radius 2 is 1.67 bits per heavy atom. The topological polar surface area (TPSA) is 62.2 Å². The first-order valence-corrected chi connectivity index (χ1v) is 12.1. The molecule has 1 saturated heterocycles. The Kier molecular flexibility index (Phi) is 8.10. The van der Waals surface area contributed by atoms with Gasteiger partial charge in [0.25, 0.3) is 0 Å². The summed E-state index contributed by atoms with van der Waals surface area (Å²) in [6.45, 7) is 4.75. The van der Waals surface area contributed by atoms with Gasteiger partial charge in [0.1, 0.15) is 23.1 Å². The second-order valence-electron chi connectivity index (χ2n) is 9.35. The van der Waals surface area contributed by atoms with Gasteiger partial charge in [-0.3, -0.25) is 9.69 Å². The molecule has 0 radical (unpaired) electrons. The first kappa shape index (κ1) is 25.5. The highest BCUT2D eigenvalue weighted by Crippen LogP contribution is 2.36. The van der Waals surface area contributed by atoms with Crippen molar-refractivity contribution >= 4 is 5.91 Å². The van der Waals surface area contributed by atoms with E-state index in [1.54, 1.807) is 39.3 Å². The second kappa shape index (κ2) is 11.4. The third-order valence-electron chi connectivity index (χ3n) is 6.93. The molecule has 1 N–H and O–H groups in total. The number of ether oxygens (including phenoxy) is 2. The van der Waals surface area contributed by atoms with Crippen LogP contribution in [0, 0.1) is 11.7 Å². The smallest absolute Gasteiger partial charge is 0.219 e. The highest BCUT2D eigenvalue weighted by Gasteiger charge is 2.35. The quantitative estimate of drug-likeness (QED) is 0.464. The summed E-state index contributed by atoms with van der Waals surface area (Å²) in [5.74, 6) is 1.70. The van der Waals surface area contributed by atoms with Crippen LogP contribution in [0.5, 0.6) is 17.2 Å². The first-order valence-electron chi connectivity index (χ1n) is 12.1. The summed E-state index contributed by atoms with van der Waals surface area (Å²) >= 11 is 0. The zero-order valence-electron chi connectivity index (χ0n) is 21.0. The minimum Gasteiger partial charge on any atom is -0.507 e. The molecule has 0 spiro atoms. The zero-order chi connectivity index (χ0) is 25.7. The van der Waals surface area contributed by atoms with E-state index in [1.165, 1.54) is 17.7 Å². The Bertz CT molecular complexity index is 1170. The van der Waals surface area contributed by atoms with Crippen LogP contribution in [-0.2, 0) is 17.9 Å². The molecule has 0 saturated carbocycles. The number of phenolic OH excluding ortho intramolecular Hbond substituents is 1. The van der Waals surface area contributed by atoms with E-state index >= 15 is 0 Å². The third-order valence-corrected chi connectivity index (χ3v) is 6.93. The summed E-state index contributed by atoms with van der Waals surface area (Å²) in [5, 5.41) is 10.5. The molecule has 0 bridgehead atoms. The molecule has 4 rings (SSSR count). The van der Waals surface area contributed by atoms with Crippen molar-refractivity contribution in [2.75, 3.05) is 33.9 Å². The number of carbonyl (C=O) groups is 1. The van der Waals surface area contributed by atoms with Gasteiger partial charge < -0.3 is 19.5 Å². The lowest BCUT2D eigenvalue weighted by atomic mass is 9.88. The number of benzene rings is 3. The molecule has 1 aliphatic rings. The van der Waals surface area contributed by atoms with Gasteiger partial charge in [0.05, 0.1) is 14.2 Å². The number of amides is 1. The van der Waals surface area contributed by atoms with E-state index in [4.69, 9.17) is 9.47 Å². The number of likely N-dealkylation sites (tertiary alicyclic amines) is 1. The fraction of sp³-hybridized carbons (Fsp3) is 0.345. The number of hydrogen-bond acceptors (Lipinski definition) is 5. The predicted molar refractivity (Wildman–Crippen MR) is 137 cm³/mol. The molecule has 190 valence electrons. The van der Waals surface area contributed by atoms with Crippen molar-refractivity contribution in [3.8, 4) is 17.2 Å². The molecule has 1 heterocycles. The fourth-order valence-corrected chi connectivity index (χ4v) is 4.95. The van der Waals surface area contributed by atoms with Crippen LogP contribution in [0.3, 0.4) is 0 Å². The van der Waals surface area contributed by atoms with Crippen molar-refractivity contribution in [2.24, 2.45) is 5.92 Å². The minimum absolute atomic E-state index is 0.0148. The monoisotopic (exact) mass is 492 g/mol. The normalized spacial score (nSPS) is 17.7. The van der Waals surface area contributed by atoms with Gasteiger partial charge in [0.15, 0.2) is 0 Å². The molecule has 2 unspecified atom stereocenters. The first-order chi connectivity index (χ1) is 17.4. The van der Waals surface area contributed by atoms with E-state index < -0.39 is 0 Å². The lowest BCUT2D eigenvalue weighted by molar-refractivity contribution is -0.130. The van der Waals surface area contributed by atoms with E-state index in [0.29, 0.717) is 25.4 Å². The number of rotatable bonds is 9.